The Kier molecular flexibility index (Phi) is 8.16. The zero-order chi connectivity index (χ0) is 31.9. The number of carbonyl (C=O) groups is 2. The third kappa shape index (κ3) is 5.70. The van der Waals surface area contributed by atoms with Crippen LogP contribution in [0.3, 0.4) is 0 Å². The molecule has 4 bridgehead atoms. The predicted octanol–water partition coefficient (Wildman–Crippen LogP) is 7.43. The van der Waals surface area contributed by atoms with Crippen LogP contribution in [0.25, 0.3) is 0 Å². The zero-order valence-corrected chi connectivity index (χ0v) is 26.1. The van der Waals surface area contributed by atoms with Crippen LogP contribution < -0.4 is 0 Å². The Balaban J connectivity index is 1.30. The highest BCUT2D eigenvalue weighted by Crippen LogP contribution is 2.70. The number of carbonyl (C=O) groups excluding carboxylic acids is 2. The molecule has 0 heterocycles. The van der Waals surface area contributed by atoms with E-state index in [2.05, 4.69) is 6.58 Å². The van der Waals surface area contributed by atoms with E-state index >= 15 is 8.78 Å². The molecule has 7 nitrogen and oxygen atoms in total. The summed E-state index contributed by atoms with van der Waals surface area (Å²) in [4.78, 5) is 26.3. The van der Waals surface area contributed by atoms with Gasteiger partial charge in [-0.1, -0.05) is 61.2 Å². The molecule has 0 spiro atoms. The van der Waals surface area contributed by atoms with Crippen molar-refractivity contribution in [2.24, 2.45) is 17.3 Å². The Morgan fingerprint density at radius 3 is 1.73 bits per heavy atom. The summed E-state index contributed by atoms with van der Waals surface area (Å²) in [6.07, 6.45) is 4.90. The largest absolute Gasteiger partial charge is 0.466 e. The second-order valence-corrected chi connectivity index (χ2v) is 16.9. The first-order valence-corrected chi connectivity index (χ1v) is 17.7. The SMILES string of the molecule is C=CC(=O)OC12CC3CC(CC(COC(=O)C(F)(F)S(=O)(=O)OS(c4ccccc4)(c4ccccc4)c4ccccc4)(C3)C1)C2. The number of ether oxygens (including phenoxy) is 2. The van der Waals surface area contributed by atoms with E-state index < -0.39 is 55.2 Å². The summed E-state index contributed by atoms with van der Waals surface area (Å²) in [5.74, 6) is -2.39. The number of rotatable bonds is 11. The standard InChI is InChI=1S/C34H34F2O7S2/c1-2-30(37)42-33-21-25-18-26(22-33)20-32(19-25,23-33)24-41-31(38)34(35,36)45(39,40)43-44(27-12-6-3-7-13-27,28-14-8-4-9-15-28)29-16-10-5-11-17-29/h2-17,25-26H,1,18-24H2. The second kappa shape index (κ2) is 11.7. The van der Waals surface area contributed by atoms with Crippen molar-refractivity contribution in [3.8, 4) is 0 Å². The molecule has 11 heteroatoms. The maximum Gasteiger partial charge on any atom is 0.466 e. The molecular weight excluding hydrogens is 622 g/mol. The molecular formula is C34H34F2O7S2. The van der Waals surface area contributed by atoms with Crippen LogP contribution in [0.2, 0.25) is 0 Å². The van der Waals surface area contributed by atoms with Gasteiger partial charge in [0.05, 0.1) is 6.61 Å². The van der Waals surface area contributed by atoms with Gasteiger partial charge in [0.2, 0.25) is 0 Å². The van der Waals surface area contributed by atoms with Crippen molar-refractivity contribution in [3.05, 3.63) is 104 Å². The van der Waals surface area contributed by atoms with Crippen LogP contribution in [-0.4, -0.2) is 37.8 Å². The minimum atomic E-state index is -5.92. The number of alkyl halides is 2. The first kappa shape index (κ1) is 31.4. The Labute approximate surface area is 263 Å². The summed E-state index contributed by atoms with van der Waals surface area (Å²) in [5.41, 5.74) is -1.47. The molecule has 3 aromatic carbocycles. The third-order valence-electron chi connectivity index (χ3n) is 9.09. The number of esters is 2. The molecule has 0 aliphatic heterocycles. The Morgan fingerprint density at radius 2 is 1.29 bits per heavy atom. The monoisotopic (exact) mass is 656 g/mol. The normalized spacial score (nSPS) is 26.2. The van der Waals surface area contributed by atoms with Gasteiger partial charge in [-0.05, 0) is 97.1 Å². The number of benzene rings is 3. The van der Waals surface area contributed by atoms with Gasteiger partial charge in [0.25, 0.3) is 0 Å². The van der Waals surface area contributed by atoms with E-state index in [9.17, 15) is 18.0 Å². The number of hydrogen-bond donors (Lipinski definition) is 0. The number of hydrogen-bond acceptors (Lipinski definition) is 7. The quantitative estimate of drug-likeness (QED) is 0.156. The molecule has 0 radical (unpaired) electrons. The van der Waals surface area contributed by atoms with E-state index in [1.165, 1.54) is 0 Å². The molecule has 0 N–H and O–H groups in total. The average molecular weight is 657 g/mol. The van der Waals surface area contributed by atoms with Crippen molar-refractivity contribution >= 4 is 32.4 Å². The lowest BCUT2D eigenvalue weighted by molar-refractivity contribution is -0.209. The third-order valence-corrected chi connectivity index (χ3v) is 14.2. The summed E-state index contributed by atoms with van der Waals surface area (Å²) in [7, 11) is -9.24. The van der Waals surface area contributed by atoms with Gasteiger partial charge in [0.15, 0.2) is 0 Å². The van der Waals surface area contributed by atoms with E-state index in [0.29, 0.717) is 46.8 Å². The molecule has 0 saturated heterocycles. The van der Waals surface area contributed by atoms with Crippen molar-refractivity contribution in [1.82, 2.24) is 0 Å². The van der Waals surface area contributed by atoms with Gasteiger partial charge in [-0.25, -0.2) is 13.2 Å². The lowest BCUT2D eigenvalue weighted by atomic mass is 9.48. The lowest BCUT2D eigenvalue weighted by Crippen LogP contribution is -2.59. The van der Waals surface area contributed by atoms with Crippen LogP contribution >= 0.6 is 10.3 Å². The van der Waals surface area contributed by atoms with E-state index in [0.717, 1.165) is 12.5 Å². The molecule has 0 aromatic heterocycles. The van der Waals surface area contributed by atoms with Gasteiger partial charge in [-0.2, -0.15) is 17.2 Å². The fourth-order valence-electron chi connectivity index (χ4n) is 7.85. The summed E-state index contributed by atoms with van der Waals surface area (Å²) < 4.78 is 75.7. The Bertz CT molecular complexity index is 1570. The van der Waals surface area contributed by atoms with Crippen LogP contribution in [0.15, 0.2) is 118 Å². The van der Waals surface area contributed by atoms with Crippen molar-refractivity contribution in [2.75, 3.05) is 6.61 Å². The van der Waals surface area contributed by atoms with E-state index in [4.69, 9.17) is 13.1 Å². The van der Waals surface area contributed by atoms with Crippen molar-refractivity contribution in [1.29, 1.82) is 0 Å². The first-order valence-electron chi connectivity index (χ1n) is 14.8. The zero-order valence-electron chi connectivity index (χ0n) is 24.5. The fraction of sp³-hybridized carbons (Fsp3) is 0.353. The van der Waals surface area contributed by atoms with Gasteiger partial charge in [-0.15, -0.1) is 0 Å². The second-order valence-electron chi connectivity index (χ2n) is 12.4. The average Bonchev–Trinajstić information content (AvgIpc) is 3.02. The van der Waals surface area contributed by atoms with Crippen molar-refractivity contribution < 1.29 is 39.9 Å². The molecule has 3 aromatic rings. The summed E-state index contributed by atoms with van der Waals surface area (Å²) in [6, 6.07) is 24.8. The number of halogens is 2. The van der Waals surface area contributed by atoms with Crippen LogP contribution in [0, 0.1) is 17.3 Å². The molecule has 7 rings (SSSR count). The van der Waals surface area contributed by atoms with Gasteiger partial charge >= 0.3 is 27.3 Å². The van der Waals surface area contributed by atoms with E-state index in [-0.39, 0.29) is 11.8 Å². The first-order chi connectivity index (χ1) is 21.4. The predicted molar refractivity (Wildman–Crippen MR) is 164 cm³/mol. The molecule has 4 aliphatic carbocycles. The lowest BCUT2D eigenvalue weighted by Gasteiger charge is -2.60. The van der Waals surface area contributed by atoms with Gasteiger partial charge in [0.1, 0.15) is 5.60 Å². The molecule has 2 atom stereocenters. The van der Waals surface area contributed by atoms with Crippen LogP contribution in [0.1, 0.15) is 38.5 Å². The fourth-order valence-corrected chi connectivity index (χ4v) is 12.9. The maximum atomic E-state index is 15.9. The van der Waals surface area contributed by atoms with E-state index in [1.54, 1.807) is 91.0 Å². The Morgan fingerprint density at radius 1 is 0.822 bits per heavy atom. The van der Waals surface area contributed by atoms with Crippen LogP contribution in [0.5, 0.6) is 0 Å². The van der Waals surface area contributed by atoms with E-state index in [1.807, 2.05) is 0 Å². The smallest absolute Gasteiger partial charge is 0.460 e. The summed E-state index contributed by atoms with van der Waals surface area (Å²) >= 11 is 0. The van der Waals surface area contributed by atoms with Crippen molar-refractivity contribution in [3.63, 3.8) is 0 Å². The molecule has 45 heavy (non-hydrogen) atoms. The minimum Gasteiger partial charge on any atom is -0.460 e. The highest BCUT2D eigenvalue weighted by atomic mass is 32.3. The molecule has 4 fully saturated rings. The van der Waals surface area contributed by atoms with Gasteiger partial charge in [0, 0.05) is 26.2 Å². The maximum absolute atomic E-state index is 15.9. The molecule has 4 aliphatic rings. The van der Waals surface area contributed by atoms with Gasteiger partial charge < -0.3 is 9.47 Å². The van der Waals surface area contributed by atoms with Gasteiger partial charge in [-0.3, -0.25) is 0 Å². The highest BCUT2D eigenvalue weighted by Gasteiger charge is 2.62. The van der Waals surface area contributed by atoms with Crippen LogP contribution in [0.4, 0.5) is 8.78 Å². The minimum absolute atomic E-state index is 0.182. The molecule has 4 saturated carbocycles. The highest BCUT2D eigenvalue weighted by molar-refractivity contribution is 8.33. The van der Waals surface area contributed by atoms with Crippen molar-refractivity contribution in [2.45, 2.75) is 64.1 Å². The molecule has 2 unspecified atom stereocenters. The summed E-state index contributed by atoms with van der Waals surface area (Å²) in [5, 5.41) is -5.02. The summed E-state index contributed by atoms with van der Waals surface area (Å²) in [6.45, 7) is 3.06. The molecule has 238 valence electrons. The molecule has 0 amide bonds. The topological polar surface area (TPSA) is 96.0 Å². The Hall–Kier alpha value is -3.54. The van der Waals surface area contributed by atoms with Crippen LogP contribution in [-0.2, 0) is 32.8 Å².